The normalized spacial score (nSPS) is 11.2. The molecule has 1 heterocycles. The van der Waals surface area contributed by atoms with Gasteiger partial charge in [-0.05, 0) is 12.8 Å². The van der Waals surface area contributed by atoms with Crippen LogP contribution < -0.4 is 0 Å². The van der Waals surface area contributed by atoms with E-state index in [1.54, 1.807) is 4.68 Å². The fourth-order valence-corrected chi connectivity index (χ4v) is 1.63. The fourth-order valence-electron chi connectivity index (χ4n) is 1.32. The molecule has 0 saturated carbocycles. The summed E-state index contributed by atoms with van der Waals surface area (Å²) in [6.07, 6.45) is 0. The lowest BCUT2D eigenvalue weighted by Crippen LogP contribution is -1.97. The van der Waals surface area contributed by atoms with Crippen molar-refractivity contribution in [2.75, 3.05) is 0 Å². The summed E-state index contributed by atoms with van der Waals surface area (Å²) in [5.74, 6) is 0.299. The highest BCUT2D eigenvalue weighted by atomic mass is 35.5. The first-order valence-corrected chi connectivity index (χ1v) is 4.85. The molecule has 0 spiro atoms. The second kappa shape index (κ2) is 4.11. The van der Waals surface area contributed by atoms with Gasteiger partial charge in [0, 0.05) is 12.1 Å². The van der Waals surface area contributed by atoms with E-state index < -0.39 is 0 Å². The molecule has 0 aliphatic heterocycles. The van der Waals surface area contributed by atoms with Crippen LogP contribution >= 0.6 is 11.6 Å². The summed E-state index contributed by atoms with van der Waals surface area (Å²) < 4.78 is 1.71. The van der Waals surface area contributed by atoms with Crippen LogP contribution in [0.3, 0.4) is 0 Å². The second-order valence-electron chi connectivity index (χ2n) is 3.28. The van der Waals surface area contributed by atoms with E-state index in [0.29, 0.717) is 11.1 Å². The molecule has 1 aromatic rings. The van der Waals surface area contributed by atoms with Crippen molar-refractivity contribution in [3.8, 4) is 0 Å². The lowest BCUT2D eigenvalue weighted by atomic mass is 10.1. The molecule has 0 aromatic carbocycles. The van der Waals surface area contributed by atoms with Gasteiger partial charge in [-0.25, -0.2) is 0 Å². The van der Waals surface area contributed by atoms with Crippen molar-refractivity contribution in [2.45, 2.75) is 39.8 Å². The van der Waals surface area contributed by atoms with Gasteiger partial charge in [0.25, 0.3) is 0 Å². The Morgan fingerprint density at radius 2 is 2.15 bits per heavy atom. The fraction of sp³-hybridized carbons (Fsp3) is 0.667. The monoisotopic (exact) mass is 202 g/mol. The van der Waals surface area contributed by atoms with Crippen molar-refractivity contribution in [1.29, 1.82) is 0 Å². The number of halogens is 1. The Morgan fingerprint density at radius 1 is 1.54 bits per heavy atom. The van der Waals surface area contributed by atoms with Crippen LogP contribution in [0.15, 0.2) is 0 Å². The number of aryl methyl sites for hydroxylation is 1. The van der Waals surface area contributed by atoms with Crippen LogP contribution in [-0.4, -0.2) is 14.9 Å². The van der Waals surface area contributed by atoms with Crippen LogP contribution in [0.4, 0.5) is 0 Å². The van der Waals surface area contributed by atoms with Crippen LogP contribution in [0.1, 0.15) is 37.9 Å². The van der Waals surface area contributed by atoms with Gasteiger partial charge >= 0.3 is 0 Å². The molecule has 0 saturated heterocycles. The van der Waals surface area contributed by atoms with E-state index in [1.807, 2.05) is 20.8 Å². The van der Waals surface area contributed by atoms with Crippen molar-refractivity contribution in [2.24, 2.45) is 0 Å². The zero-order chi connectivity index (χ0) is 10.0. The van der Waals surface area contributed by atoms with Gasteiger partial charge in [0.2, 0.25) is 0 Å². The minimum Gasteiger partial charge on any atom is -0.391 e. The first kappa shape index (κ1) is 10.5. The number of aromatic nitrogens is 2. The molecule has 13 heavy (non-hydrogen) atoms. The number of aliphatic hydroxyl groups excluding tert-OH is 1. The van der Waals surface area contributed by atoms with Crippen LogP contribution in [0.5, 0.6) is 0 Å². The maximum atomic E-state index is 9.12. The van der Waals surface area contributed by atoms with E-state index in [1.165, 1.54) is 0 Å². The summed E-state index contributed by atoms with van der Waals surface area (Å²) in [5, 5.41) is 14.0. The van der Waals surface area contributed by atoms with Crippen LogP contribution in [0.2, 0.25) is 5.15 Å². The molecule has 1 rings (SSSR count). The van der Waals surface area contributed by atoms with Crippen molar-refractivity contribution in [3.05, 3.63) is 16.4 Å². The number of aliphatic hydroxyl groups is 1. The number of hydrogen-bond acceptors (Lipinski definition) is 2. The van der Waals surface area contributed by atoms with Gasteiger partial charge in [0.15, 0.2) is 0 Å². The standard InChI is InChI=1S/C9H15ClN2O/c1-4-12-9(10)7(5-13)8(11-12)6(2)3/h6,13H,4-5H2,1-3H3. The first-order chi connectivity index (χ1) is 6.11. The van der Waals surface area contributed by atoms with E-state index in [2.05, 4.69) is 5.10 Å². The van der Waals surface area contributed by atoms with E-state index in [-0.39, 0.29) is 6.61 Å². The zero-order valence-electron chi connectivity index (χ0n) is 8.21. The molecule has 1 aromatic heterocycles. The Hall–Kier alpha value is -0.540. The largest absolute Gasteiger partial charge is 0.391 e. The molecular formula is C9H15ClN2O. The number of nitrogens with zero attached hydrogens (tertiary/aromatic N) is 2. The third-order valence-electron chi connectivity index (χ3n) is 2.02. The van der Waals surface area contributed by atoms with Crippen molar-refractivity contribution in [1.82, 2.24) is 9.78 Å². The molecule has 0 bridgehead atoms. The quantitative estimate of drug-likeness (QED) is 0.816. The maximum absolute atomic E-state index is 9.12. The highest BCUT2D eigenvalue weighted by Crippen LogP contribution is 2.25. The summed E-state index contributed by atoms with van der Waals surface area (Å²) in [5.41, 5.74) is 1.66. The molecule has 1 N–H and O–H groups in total. The average Bonchev–Trinajstić information content (AvgIpc) is 2.42. The van der Waals surface area contributed by atoms with Gasteiger partial charge in [-0.2, -0.15) is 5.10 Å². The lowest BCUT2D eigenvalue weighted by Gasteiger charge is -2.01. The van der Waals surface area contributed by atoms with Crippen LogP contribution in [0.25, 0.3) is 0 Å². The Labute approximate surface area is 83.3 Å². The Bertz CT molecular complexity index is 294. The smallest absolute Gasteiger partial charge is 0.132 e. The molecule has 0 radical (unpaired) electrons. The Morgan fingerprint density at radius 3 is 2.46 bits per heavy atom. The third-order valence-corrected chi connectivity index (χ3v) is 2.44. The predicted molar refractivity (Wildman–Crippen MR) is 52.9 cm³/mol. The summed E-state index contributed by atoms with van der Waals surface area (Å²) in [4.78, 5) is 0. The number of rotatable bonds is 3. The minimum atomic E-state index is -0.0354. The molecule has 3 nitrogen and oxygen atoms in total. The van der Waals surface area contributed by atoms with E-state index >= 15 is 0 Å². The van der Waals surface area contributed by atoms with Gasteiger partial charge in [-0.1, -0.05) is 25.4 Å². The summed E-state index contributed by atoms with van der Waals surface area (Å²) in [6.45, 7) is 6.75. The third kappa shape index (κ3) is 1.86. The van der Waals surface area contributed by atoms with Crippen molar-refractivity contribution < 1.29 is 5.11 Å². The Balaban J connectivity index is 3.19. The van der Waals surface area contributed by atoms with Crippen LogP contribution in [0, 0.1) is 0 Å². The van der Waals surface area contributed by atoms with E-state index in [4.69, 9.17) is 16.7 Å². The molecular weight excluding hydrogens is 188 g/mol. The Kier molecular flexibility index (Phi) is 3.33. The molecule has 0 atom stereocenters. The first-order valence-electron chi connectivity index (χ1n) is 4.47. The summed E-state index contributed by atoms with van der Waals surface area (Å²) >= 11 is 6.01. The molecule has 0 aliphatic carbocycles. The van der Waals surface area contributed by atoms with E-state index in [0.717, 1.165) is 17.8 Å². The topological polar surface area (TPSA) is 38.0 Å². The lowest BCUT2D eigenvalue weighted by molar-refractivity contribution is 0.280. The van der Waals surface area contributed by atoms with Gasteiger partial charge in [-0.3, -0.25) is 4.68 Å². The van der Waals surface area contributed by atoms with Gasteiger partial charge in [0.05, 0.1) is 12.3 Å². The molecule has 0 unspecified atom stereocenters. The summed E-state index contributed by atoms with van der Waals surface area (Å²) in [6, 6.07) is 0. The molecule has 0 fully saturated rings. The zero-order valence-corrected chi connectivity index (χ0v) is 8.97. The molecule has 0 aliphatic rings. The average molecular weight is 203 g/mol. The highest BCUT2D eigenvalue weighted by molar-refractivity contribution is 6.30. The maximum Gasteiger partial charge on any atom is 0.132 e. The van der Waals surface area contributed by atoms with Crippen molar-refractivity contribution >= 4 is 11.6 Å². The van der Waals surface area contributed by atoms with E-state index in [9.17, 15) is 0 Å². The molecule has 0 amide bonds. The van der Waals surface area contributed by atoms with Gasteiger partial charge in [-0.15, -0.1) is 0 Å². The predicted octanol–water partition coefficient (Wildman–Crippen LogP) is 2.17. The number of hydrogen-bond donors (Lipinski definition) is 1. The van der Waals surface area contributed by atoms with Gasteiger partial charge in [0.1, 0.15) is 5.15 Å². The molecule has 74 valence electrons. The summed E-state index contributed by atoms with van der Waals surface area (Å²) in [7, 11) is 0. The van der Waals surface area contributed by atoms with Crippen molar-refractivity contribution in [3.63, 3.8) is 0 Å². The highest BCUT2D eigenvalue weighted by Gasteiger charge is 2.16. The SMILES string of the molecule is CCn1nc(C(C)C)c(CO)c1Cl. The van der Waals surface area contributed by atoms with Crippen LogP contribution in [-0.2, 0) is 13.2 Å². The van der Waals surface area contributed by atoms with Gasteiger partial charge < -0.3 is 5.11 Å². The second-order valence-corrected chi connectivity index (χ2v) is 3.64. The minimum absolute atomic E-state index is 0.0354. The molecule has 4 heteroatoms.